The highest BCUT2D eigenvalue weighted by Gasteiger charge is 2.41. The largest absolute Gasteiger partial charge is 0.298 e. The van der Waals surface area contributed by atoms with Crippen molar-refractivity contribution >= 4 is 11.3 Å². The van der Waals surface area contributed by atoms with Crippen molar-refractivity contribution in [2.45, 2.75) is 32.4 Å². The van der Waals surface area contributed by atoms with Gasteiger partial charge in [0.15, 0.2) is 0 Å². The predicted molar refractivity (Wildman–Crippen MR) is 95.4 cm³/mol. The highest BCUT2D eigenvalue weighted by Crippen LogP contribution is 2.39. The lowest BCUT2D eigenvalue weighted by molar-refractivity contribution is 0.0865. The molecule has 24 heavy (non-hydrogen) atoms. The monoisotopic (exact) mass is 345 g/mol. The average molecular weight is 345 g/mol. The van der Waals surface area contributed by atoms with E-state index >= 15 is 0 Å². The zero-order valence-electron chi connectivity index (χ0n) is 14.0. The van der Waals surface area contributed by atoms with Crippen LogP contribution >= 0.6 is 11.3 Å². The van der Waals surface area contributed by atoms with Gasteiger partial charge >= 0.3 is 0 Å². The minimum absolute atomic E-state index is 0.131. The number of hydrogen-bond donors (Lipinski definition) is 0. The zero-order chi connectivity index (χ0) is 16.4. The molecular formula is C19H24FN3S. The van der Waals surface area contributed by atoms with E-state index in [0.717, 1.165) is 31.7 Å². The molecule has 2 saturated heterocycles. The number of halogens is 1. The maximum atomic E-state index is 13.4. The molecule has 2 aliphatic rings. The van der Waals surface area contributed by atoms with Gasteiger partial charge in [-0.3, -0.25) is 9.80 Å². The fraction of sp³-hybridized carbons (Fsp3) is 0.526. The molecule has 3 heterocycles. The summed E-state index contributed by atoms with van der Waals surface area (Å²) >= 11 is 1.75. The summed E-state index contributed by atoms with van der Waals surface area (Å²) < 4.78 is 13.4. The van der Waals surface area contributed by atoms with Crippen LogP contribution < -0.4 is 0 Å². The zero-order valence-corrected chi connectivity index (χ0v) is 14.8. The maximum Gasteiger partial charge on any atom is 0.123 e. The van der Waals surface area contributed by atoms with Gasteiger partial charge in [0, 0.05) is 31.2 Å². The van der Waals surface area contributed by atoms with Gasteiger partial charge in [0.05, 0.1) is 6.54 Å². The van der Waals surface area contributed by atoms with Crippen molar-refractivity contribution in [3.05, 3.63) is 52.2 Å². The Hall–Kier alpha value is -1.30. The fourth-order valence-electron chi connectivity index (χ4n) is 4.36. The summed E-state index contributed by atoms with van der Waals surface area (Å²) in [5.41, 5.74) is 1.51. The van der Waals surface area contributed by atoms with Gasteiger partial charge in [0.2, 0.25) is 0 Å². The summed E-state index contributed by atoms with van der Waals surface area (Å²) in [4.78, 5) is 9.51. The molecule has 0 bridgehead atoms. The van der Waals surface area contributed by atoms with Crippen LogP contribution in [0.3, 0.4) is 0 Å². The molecule has 2 aromatic rings. The third-order valence-electron chi connectivity index (χ3n) is 5.40. The Bertz CT molecular complexity index is 675. The molecule has 1 aromatic carbocycles. The molecule has 0 aliphatic carbocycles. The average Bonchev–Trinajstić information content (AvgIpc) is 3.18. The third-order valence-corrected chi connectivity index (χ3v) is 6.16. The van der Waals surface area contributed by atoms with Crippen molar-refractivity contribution in [3.63, 3.8) is 0 Å². The first kappa shape index (κ1) is 16.2. The molecule has 0 saturated carbocycles. The quantitative estimate of drug-likeness (QED) is 0.841. The van der Waals surface area contributed by atoms with Gasteiger partial charge in [0.1, 0.15) is 10.8 Å². The van der Waals surface area contributed by atoms with Crippen molar-refractivity contribution in [2.24, 2.45) is 5.41 Å². The summed E-state index contributed by atoms with van der Waals surface area (Å²) in [5.74, 6) is -0.131. The van der Waals surface area contributed by atoms with E-state index in [1.807, 2.05) is 18.3 Å². The summed E-state index contributed by atoms with van der Waals surface area (Å²) in [5, 5.41) is 3.28. The van der Waals surface area contributed by atoms with E-state index in [9.17, 15) is 4.39 Å². The highest BCUT2D eigenvalue weighted by atomic mass is 32.1. The second kappa shape index (κ2) is 6.90. The van der Waals surface area contributed by atoms with Crippen LogP contribution in [0.1, 0.15) is 29.8 Å². The Morgan fingerprint density at radius 2 is 2.00 bits per heavy atom. The normalized spacial score (nSPS) is 25.5. The van der Waals surface area contributed by atoms with Crippen LogP contribution in [0, 0.1) is 11.2 Å². The number of hydrogen-bond acceptors (Lipinski definition) is 4. The lowest BCUT2D eigenvalue weighted by Gasteiger charge is -2.40. The van der Waals surface area contributed by atoms with Crippen molar-refractivity contribution < 1.29 is 4.39 Å². The number of rotatable bonds is 4. The summed E-state index contributed by atoms with van der Waals surface area (Å²) in [6.45, 7) is 6.48. The number of likely N-dealkylation sites (tertiary alicyclic amines) is 2. The summed E-state index contributed by atoms with van der Waals surface area (Å²) in [6, 6.07) is 7.03. The first-order valence-corrected chi connectivity index (χ1v) is 9.66. The number of benzene rings is 1. The Kier molecular flexibility index (Phi) is 4.66. The topological polar surface area (TPSA) is 19.4 Å². The van der Waals surface area contributed by atoms with E-state index in [0.29, 0.717) is 5.41 Å². The predicted octanol–water partition coefficient (Wildman–Crippen LogP) is 3.77. The van der Waals surface area contributed by atoms with Gasteiger partial charge in [0.25, 0.3) is 0 Å². The van der Waals surface area contributed by atoms with Gasteiger partial charge in [-0.05, 0) is 55.5 Å². The van der Waals surface area contributed by atoms with Crippen LogP contribution in [-0.4, -0.2) is 41.0 Å². The number of aromatic nitrogens is 1. The fourth-order valence-corrected chi connectivity index (χ4v) is 5.01. The van der Waals surface area contributed by atoms with Crippen LogP contribution in [-0.2, 0) is 13.1 Å². The third kappa shape index (κ3) is 3.68. The summed E-state index contributed by atoms with van der Waals surface area (Å²) in [6.07, 6.45) is 5.76. The highest BCUT2D eigenvalue weighted by molar-refractivity contribution is 7.09. The molecule has 2 aliphatic heterocycles. The van der Waals surface area contributed by atoms with Crippen LogP contribution in [0.25, 0.3) is 0 Å². The smallest absolute Gasteiger partial charge is 0.123 e. The van der Waals surface area contributed by atoms with E-state index in [1.54, 1.807) is 17.4 Å². The summed E-state index contributed by atoms with van der Waals surface area (Å²) in [7, 11) is 0. The molecule has 3 nitrogen and oxygen atoms in total. The Morgan fingerprint density at radius 3 is 2.79 bits per heavy atom. The molecule has 5 heteroatoms. The van der Waals surface area contributed by atoms with Crippen LogP contribution in [0.5, 0.6) is 0 Å². The molecular weight excluding hydrogens is 321 g/mol. The lowest BCUT2D eigenvalue weighted by atomic mass is 9.79. The van der Waals surface area contributed by atoms with Crippen molar-refractivity contribution in [1.29, 1.82) is 0 Å². The minimum atomic E-state index is -0.131. The maximum absolute atomic E-state index is 13.4. The van der Waals surface area contributed by atoms with Gasteiger partial charge in [-0.1, -0.05) is 12.1 Å². The second-order valence-corrected chi connectivity index (χ2v) is 8.31. The molecule has 1 aromatic heterocycles. The second-order valence-electron chi connectivity index (χ2n) is 7.33. The van der Waals surface area contributed by atoms with Crippen LogP contribution in [0.2, 0.25) is 0 Å². The molecule has 0 amide bonds. The molecule has 2 fully saturated rings. The van der Waals surface area contributed by atoms with Crippen molar-refractivity contribution in [1.82, 2.24) is 14.8 Å². The SMILES string of the molecule is Fc1cccc(CN2CCC3(CCCN(Cc4nccs4)C3)C2)c1. The first-order chi connectivity index (χ1) is 11.7. The number of piperidine rings is 1. The first-order valence-electron chi connectivity index (χ1n) is 8.78. The molecule has 128 valence electrons. The molecule has 4 rings (SSSR count). The van der Waals surface area contributed by atoms with Gasteiger partial charge in [-0.2, -0.15) is 0 Å². The van der Waals surface area contributed by atoms with E-state index in [4.69, 9.17) is 0 Å². The Balaban J connectivity index is 1.37. The molecule has 0 radical (unpaired) electrons. The van der Waals surface area contributed by atoms with E-state index in [1.165, 1.54) is 43.4 Å². The molecule has 1 spiro atoms. The molecule has 1 atom stereocenters. The minimum Gasteiger partial charge on any atom is -0.298 e. The van der Waals surface area contributed by atoms with E-state index < -0.39 is 0 Å². The Morgan fingerprint density at radius 1 is 1.12 bits per heavy atom. The van der Waals surface area contributed by atoms with Crippen LogP contribution in [0.4, 0.5) is 4.39 Å². The van der Waals surface area contributed by atoms with Crippen molar-refractivity contribution in [3.8, 4) is 0 Å². The number of nitrogens with zero attached hydrogens (tertiary/aromatic N) is 3. The molecule has 0 N–H and O–H groups in total. The van der Waals surface area contributed by atoms with Gasteiger partial charge in [-0.15, -0.1) is 11.3 Å². The standard InChI is InChI=1S/C19H24FN3S/c20-17-4-1-3-16(11-17)12-23-9-6-19(15-23)5-2-8-22(14-19)13-18-21-7-10-24-18/h1,3-4,7,10-11H,2,5-6,8-9,12-15H2. The van der Waals surface area contributed by atoms with Gasteiger partial charge < -0.3 is 0 Å². The lowest BCUT2D eigenvalue weighted by Crippen LogP contribution is -2.44. The van der Waals surface area contributed by atoms with E-state index in [-0.39, 0.29) is 5.82 Å². The Labute approximate surface area is 147 Å². The van der Waals surface area contributed by atoms with Crippen molar-refractivity contribution in [2.75, 3.05) is 26.2 Å². The van der Waals surface area contributed by atoms with E-state index in [2.05, 4.69) is 20.2 Å². The van der Waals surface area contributed by atoms with Crippen LogP contribution in [0.15, 0.2) is 35.8 Å². The molecule has 1 unspecified atom stereocenters. The number of thiazole rings is 1. The van der Waals surface area contributed by atoms with Gasteiger partial charge in [-0.25, -0.2) is 9.37 Å².